The first-order valence-electron chi connectivity index (χ1n) is 11.8. The zero-order chi connectivity index (χ0) is 25.9. The zero-order valence-corrected chi connectivity index (χ0v) is 19.8. The van der Waals surface area contributed by atoms with Crippen LogP contribution >= 0.6 is 0 Å². The van der Waals surface area contributed by atoms with Crippen molar-refractivity contribution < 1.29 is 19.6 Å². The Bertz CT molecular complexity index is 1400. The first kappa shape index (κ1) is 23.9. The molecule has 0 spiro atoms. The normalized spacial score (nSPS) is 14.8. The highest BCUT2D eigenvalue weighted by molar-refractivity contribution is 5.91. The van der Waals surface area contributed by atoms with E-state index in [2.05, 4.69) is 4.98 Å². The van der Waals surface area contributed by atoms with Crippen LogP contribution in [0.3, 0.4) is 0 Å². The van der Waals surface area contributed by atoms with E-state index in [1.807, 2.05) is 65.2 Å². The van der Waals surface area contributed by atoms with E-state index in [1.165, 1.54) is 17.0 Å². The summed E-state index contributed by atoms with van der Waals surface area (Å²) in [5, 5.41) is 21.1. The molecule has 5 rings (SSSR count). The third-order valence-electron chi connectivity index (χ3n) is 6.70. The van der Waals surface area contributed by atoms with Crippen molar-refractivity contribution in [3.63, 3.8) is 0 Å². The highest BCUT2D eigenvalue weighted by Crippen LogP contribution is 2.32. The number of nitrogens with zero attached hydrogens (tertiary/aromatic N) is 4. The number of nitro benzene ring substituents is 1. The largest absolute Gasteiger partial charge is 0.480 e. The van der Waals surface area contributed by atoms with Gasteiger partial charge in [0.25, 0.3) is 5.69 Å². The summed E-state index contributed by atoms with van der Waals surface area (Å²) in [5.41, 5.74) is 3.79. The second-order valence-corrected chi connectivity index (χ2v) is 8.97. The predicted molar refractivity (Wildman–Crippen MR) is 135 cm³/mol. The quantitative estimate of drug-likeness (QED) is 0.305. The van der Waals surface area contributed by atoms with Crippen molar-refractivity contribution in [2.45, 2.75) is 31.5 Å². The van der Waals surface area contributed by atoms with Gasteiger partial charge in [-0.15, -0.1) is 0 Å². The third-order valence-corrected chi connectivity index (χ3v) is 6.70. The van der Waals surface area contributed by atoms with E-state index in [0.29, 0.717) is 12.2 Å². The summed E-state index contributed by atoms with van der Waals surface area (Å²) in [5.74, 6) is -2.02. The van der Waals surface area contributed by atoms with E-state index in [9.17, 15) is 24.8 Å². The van der Waals surface area contributed by atoms with E-state index < -0.39 is 22.9 Å². The smallest absolute Gasteiger partial charge is 0.326 e. The molecular formula is C28H24N4O5. The van der Waals surface area contributed by atoms with Gasteiger partial charge in [-0.25, -0.2) is 9.78 Å². The van der Waals surface area contributed by atoms with Crippen molar-refractivity contribution in [1.82, 2.24) is 14.5 Å². The molecule has 1 aromatic heterocycles. The van der Waals surface area contributed by atoms with Crippen LogP contribution in [0, 0.1) is 10.1 Å². The minimum absolute atomic E-state index is 0.00268. The summed E-state index contributed by atoms with van der Waals surface area (Å²) in [6.45, 7) is 0.464. The summed E-state index contributed by atoms with van der Waals surface area (Å²) in [6.07, 6.45) is 1.74. The number of benzene rings is 3. The molecule has 186 valence electrons. The molecule has 0 radical (unpaired) electrons. The van der Waals surface area contributed by atoms with Crippen molar-refractivity contribution in [3.8, 4) is 0 Å². The lowest BCUT2D eigenvalue weighted by Crippen LogP contribution is -2.50. The average molecular weight is 497 g/mol. The number of imidazole rings is 1. The van der Waals surface area contributed by atoms with Gasteiger partial charge in [0.1, 0.15) is 6.04 Å². The van der Waals surface area contributed by atoms with E-state index >= 15 is 0 Å². The Morgan fingerprint density at radius 2 is 1.57 bits per heavy atom. The van der Waals surface area contributed by atoms with Gasteiger partial charge in [0.15, 0.2) is 0 Å². The number of fused-ring (bicyclic) bond motifs is 1. The number of aromatic nitrogens is 2. The lowest BCUT2D eigenvalue weighted by Gasteiger charge is -2.35. The first-order valence-corrected chi connectivity index (χ1v) is 11.8. The fourth-order valence-corrected chi connectivity index (χ4v) is 4.82. The predicted octanol–water partition coefficient (Wildman–Crippen LogP) is 4.01. The van der Waals surface area contributed by atoms with E-state index in [-0.39, 0.29) is 24.6 Å². The number of hydrogen-bond acceptors (Lipinski definition) is 5. The maximum atomic E-state index is 14.0. The Balaban J connectivity index is 1.46. The Kier molecular flexibility index (Phi) is 6.51. The number of amides is 1. The van der Waals surface area contributed by atoms with Gasteiger partial charge >= 0.3 is 5.97 Å². The molecule has 0 saturated heterocycles. The lowest BCUT2D eigenvalue weighted by molar-refractivity contribution is -0.384. The van der Waals surface area contributed by atoms with Crippen molar-refractivity contribution in [3.05, 3.63) is 129 Å². The number of non-ortho nitro benzene ring substituents is 1. The number of hydrogen-bond donors (Lipinski definition) is 1. The van der Waals surface area contributed by atoms with Gasteiger partial charge in [0, 0.05) is 30.8 Å². The maximum Gasteiger partial charge on any atom is 0.326 e. The van der Waals surface area contributed by atoms with Crippen LogP contribution in [0.5, 0.6) is 0 Å². The number of carbonyl (C=O) groups is 2. The van der Waals surface area contributed by atoms with Crippen LogP contribution in [-0.2, 0) is 29.1 Å². The molecule has 37 heavy (non-hydrogen) atoms. The van der Waals surface area contributed by atoms with Gasteiger partial charge in [0.2, 0.25) is 5.91 Å². The van der Waals surface area contributed by atoms with Crippen LogP contribution in [0.25, 0.3) is 0 Å². The van der Waals surface area contributed by atoms with Gasteiger partial charge in [-0.2, -0.15) is 0 Å². The molecule has 4 aromatic rings. The Labute approximate surface area is 212 Å². The molecular weight excluding hydrogens is 472 g/mol. The van der Waals surface area contributed by atoms with Crippen molar-refractivity contribution in [2.75, 3.05) is 0 Å². The topological polar surface area (TPSA) is 119 Å². The van der Waals surface area contributed by atoms with Crippen molar-refractivity contribution in [1.29, 1.82) is 0 Å². The van der Waals surface area contributed by atoms with Crippen LogP contribution in [0.15, 0.2) is 91.3 Å². The highest BCUT2D eigenvalue weighted by atomic mass is 16.6. The molecule has 1 aliphatic heterocycles. The van der Waals surface area contributed by atoms with Gasteiger partial charge < -0.3 is 14.6 Å². The summed E-state index contributed by atoms with van der Waals surface area (Å²) >= 11 is 0. The molecule has 1 atom stereocenters. The summed E-state index contributed by atoms with van der Waals surface area (Å²) in [7, 11) is 0. The third kappa shape index (κ3) is 4.84. The second-order valence-electron chi connectivity index (χ2n) is 8.97. The molecule has 1 amide bonds. The van der Waals surface area contributed by atoms with Crippen LogP contribution < -0.4 is 0 Å². The van der Waals surface area contributed by atoms with Gasteiger partial charge in [-0.3, -0.25) is 14.9 Å². The molecule has 0 fully saturated rings. The Hall–Kier alpha value is -4.79. The van der Waals surface area contributed by atoms with E-state index in [0.717, 1.165) is 22.4 Å². The average Bonchev–Trinajstić information content (AvgIpc) is 3.31. The minimum Gasteiger partial charge on any atom is -0.480 e. The van der Waals surface area contributed by atoms with Crippen LogP contribution in [0.2, 0.25) is 0 Å². The first-order chi connectivity index (χ1) is 17.9. The molecule has 0 aliphatic carbocycles. The van der Waals surface area contributed by atoms with E-state index in [1.54, 1.807) is 18.5 Å². The van der Waals surface area contributed by atoms with Crippen LogP contribution in [-0.4, -0.2) is 42.4 Å². The van der Waals surface area contributed by atoms with Crippen molar-refractivity contribution >= 4 is 17.6 Å². The number of carbonyl (C=O) groups excluding carboxylic acids is 1. The Morgan fingerprint density at radius 3 is 2.11 bits per heavy atom. The molecule has 0 saturated carbocycles. The van der Waals surface area contributed by atoms with Gasteiger partial charge in [0.05, 0.1) is 29.4 Å². The summed E-state index contributed by atoms with van der Waals surface area (Å²) in [4.78, 5) is 42.8. The number of carboxylic acid groups (broad SMARTS) is 1. The molecule has 9 nitrogen and oxygen atoms in total. The number of nitro groups is 1. The van der Waals surface area contributed by atoms with E-state index in [4.69, 9.17) is 0 Å². The van der Waals surface area contributed by atoms with Crippen LogP contribution in [0.1, 0.15) is 34.0 Å². The Morgan fingerprint density at radius 1 is 0.973 bits per heavy atom. The minimum atomic E-state index is -1.08. The number of rotatable bonds is 7. The molecule has 1 N–H and O–H groups in total. The van der Waals surface area contributed by atoms with Crippen LogP contribution in [0.4, 0.5) is 5.69 Å². The fraction of sp³-hybridized carbons (Fsp3) is 0.179. The van der Waals surface area contributed by atoms with Gasteiger partial charge in [-0.05, 0) is 16.7 Å². The van der Waals surface area contributed by atoms with Gasteiger partial charge in [-0.1, -0.05) is 72.8 Å². The molecule has 2 heterocycles. The molecule has 0 unspecified atom stereocenters. The molecule has 1 aliphatic rings. The lowest BCUT2D eigenvalue weighted by atomic mass is 9.88. The molecule has 0 bridgehead atoms. The SMILES string of the molecule is O=C(O)[C@@H]1Cc2c(ncn2Cc2ccc([N+](=O)[O-])cc2)CN1C(=O)C(c1ccccc1)c1ccccc1. The standard InChI is InChI=1S/C28H24N4O5/c33-27(26(20-7-3-1-4-8-20)21-9-5-2-6-10-21)31-17-23-24(15-25(31)28(34)35)30(18-29-23)16-19-11-13-22(14-12-19)32(36)37/h1-14,18,25-26H,15-17H2,(H,34,35)/t25-/m0/s1. The number of aliphatic carboxylic acids is 1. The monoisotopic (exact) mass is 496 g/mol. The zero-order valence-electron chi connectivity index (χ0n) is 19.8. The fourth-order valence-electron chi connectivity index (χ4n) is 4.82. The van der Waals surface area contributed by atoms with Crippen molar-refractivity contribution in [2.24, 2.45) is 0 Å². The summed E-state index contributed by atoms with van der Waals surface area (Å²) < 4.78 is 1.85. The maximum absolute atomic E-state index is 14.0. The second kappa shape index (κ2) is 10.1. The summed E-state index contributed by atoms with van der Waals surface area (Å²) in [6, 6.07) is 23.9. The molecule has 9 heteroatoms. The molecule has 3 aromatic carbocycles. The number of carboxylic acids is 1. The highest BCUT2D eigenvalue weighted by Gasteiger charge is 2.40.